The fraction of sp³-hybridized carbons (Fsp3) is 0.714. The monoisotopic (exact) mass is 264 g/mol. The summed E-state index contributed by atoms with van der Waals surface area (Å²) in [7, 11) is 0. The van der Waals surface area contributed by atoms with E-state index in [9.17, 15) is 5.11 Å². The van der Waals surface area contributed by atoms with E-state index in [0.717, 1.165) is 43.6 Å². The van der Waals surface area contributed by atoms with Crippen LogP contribution in [0.4, 0.5) is 11.8 Å². The molecule has 19 heavy (non-hydrogen) atoms. The molecule has 3 N–H and O–H groups in total. The van der Waals surface area contributed by atoms with Crippen molar-refractivity contribution < 1.29 is 5.11 Å². The lowest BCUT2D eigenvalue weighted by atomic mass is 9.85. The predicted octanol–water partition coefficient (Wildman–Crippen LogP) is 2.32. The smallest absolute Gasteiger partial charge is 0.224 e. The molecule has 1 aromatic rings. The first kappa shape index (κ1) is 14.1. The number of aromatic nitrogens is 2. The molecule has 0 aromatic carbocycles. The minimum absolute atomic E-state index is 0.566. The van der Waals surface area contributed by atoms with E-state index in [1.165, 1.54) is 6.42 Å². The molecule has 1 aliphatic carbocycles. The Morgan fingerprint density at radius 3 is 2.68 bits per heavy atom. The van der Waals surface area contributed by atoms with Gasteiger partial charge >= 0.3 is 0 Å². The number of aryl methyl sites for hydroxylation is 1. The summed E-state index contributed by atoms with van der Waals surface area (Å²) in [5.41, 5.74) is 0.426. The Morgan fingerprint density at radius 2 is 2.00 bits per heavy atom. The van der Waals surface area contributed by atoms with Gasteiger partial charge in [0.05, 0.1) is 5.60 Å². The van der Waals surface area contributed by atoms with E-state index in [4.69, 9.17) is 0 Å². The first-order valence-electron chi connectivity index (χ1n) is 7.17. The standard InChI is InChI=1S/C14H24N4O/c1-3-15-13-16-9-11(2)12(18-13)17-10-14(19)7-5-4-6-8-14/h9,19H,3-8,10H2,1-2H3,(H2,15,16,17,18). The quantitative estimate of drug-likeness (QED) is 0.761. The van der Waals surface area contributed by atoms with Crippen LogP contribution in [0.5, 0.6) is 0 Å². The topological polar surface area (TPSA) is 70.1 Å². The van der Waals surface area contributed by atoms with Crippen molar-refractivity contribution >= 4 is 11.8 Å². The van der Waals surface area contributed by atoms with Crippen LogP contribution in [-0.4, -0.2) is 33.8 Å². The molecule has 0 bridgehead atoms. The Hall–Kier alpha value is -1.36. The van der Waals surface area contributed by atoms with Gasteiger partial charge in [-0.1, -0.05) is 19.3 Å². The first-order chi connectivity index (χ1) is 9.13. The van der Waals surface area contributed by atoms with Crippen molar-refractivity contribution in [2.24, 2.45) is 0 Å². The third kappa shape index (κ3) is 3.80. The molecule has 1 aromatic heterocycles. The van der Waals surface area contributed by atoms with Crippen LogP contribution in [0, 0.1) is 6.92 Å². The van der Waals surface area contributed by atoms with Gasteiger partial charge in [0.25, 0.3) is 0 Å². The first-order valence-corrected chi connectivity index (χ1v) is 7.17. The third-order valence-corrected chi connectivity index (χ3v) is 3.68. The second-order valence-corrected chi connectivity index (χ2v) is 5.39. The molecule has 106 valence electrons. The minimum atomic E-state index is -0.575. The van der Waals surface area contributed by atoms with Crippen LogP contribution in [0.3, 0.4) is 0 Å². The van der Waals surface area contributed by atoms with E-state index < -0.39 is 5.60 Å². The average molecular weight is 264 g/mol. The Balaban J connectivity index is 1.99. The third-order valence-electron chi connectivity index (χ3n) is 3.68. The molecular weight excluding hydrogens is 240 g/mol. The van der Waals surface area contributed by atoms with Crippen molar-refractivity contribution in [1.82, 2.24) is 9.97 Å². The molecule has 1 heterocycles. The molecule has 5 heteroatoms. The summed E-state index contributed by atoms with van der Waals surface area (Å²) in [4.78, 5) is 8.65. The molecular formula is C14H24N4O. The van der Waals surface area contributed by atoms with Gasteiger partial charge in [0.2, 0.25) is 5.95 Å². The van der Waals surface area contributed by atoms with E-state index in [1.807, 2.05) is 13.8 Å². The molecule has 0 amide bonds. The fourth-order valence-corrected chi connectivity index (χ4v) is 2.50. The zero-order valence-electron chi connectivity index (χ0n) is 11.9. The summed E-state index contributed by atoms with van der Waals surface area (Å²) in [5.74, 6) is 1.44. The highest BCUT2D eigenvalue weighted by Crippen LogP contribution is 2.28. The molecule has 0 radical (unpaired) electrons. The predicted molar refractivity (Wildman–Crippen MR) is 77.5 cm³/mol. The Bertz CT molecular complexity index is 416. The molecule has 1 aliphatic rings. The van der Waals surface area contributed by atoms with Crippen LogP contribution in [0.2, 0.25) is 0 Å². The lowest BCUT2D eigenvalue weighted by Crippen LogP contribution is -2.39. The van der Waals surface area contributed by atoms with Crippen LogP contribution in [-0.2, 0) is 0 Å². The van der Waals surface area contributed by atoms with E-state index in [0.29, 0.717) is 12.5 Å². The maximum atomic E-state index is 10.5. The zero-order valence-corrected chi connectivity index (χ0v) is 11.9. The summed E-state index contributed by atoms with van der Waals surface area (Å²) in [6, 6.07) is 0. The highest BCUT2D eigenvalue weighted by atomic mass is 16.3. The van der Waals surface area contributed by atoms with Gasteiger partial charge in [0.1, 0.15) is 5.82 Å². The summed E-state index contributed by atoms with van der Waals surface area (Å²) in [6.07, 6.45) is 7.03. The van der Waals surface area contributed by atoms with E-state index in [2.05, 4.69) is 20.6 Å². The van der Waals surface area contributed by atoms with Gasteiger partial charge in [-0.2, -0.15) is 4.98 Å². The van der Waals surface area contributed by atoms with Crippen LogP contribution < -0.4 is 10.6 Å². The molecule has 2 rings (SSSR count). The molecule has 0 unspecified atom stereocenters. The van der Waals surface area contributed by atoms with Crippen molar-refractivity contribution in [3.05, 3.63) is 11.8 Å². The average Bonchev–Trinajstić information content (AvgIpc) is 2.41. The minimum Gasteiger partial charge on any atom is -0.388 e. The Morgan fingerprint density at radius 1 is 1.26 bits per heavy atom. The van der Waals surface area contributed by atoms with Gasteiger partial charge in [-0.25, -0.2) is 4.98 Å². The number of rotatable bonds is 5. The lowest BCUT2D eigenvalue weighted by Gasteiger charge is -2.32. The van der Waals surface area contributed by atoms with E-state index in [1.54, 1.807) is 6.20 Å². The molecule has 1 saturated carbocycles. The number of hydrogen-bond donors (Lipinski definition) is 3. The number of aliphatic hydroxyl groups is 1. The molecule has 0 atom stereocenters. The SMILES string of the molecule is CCNc1ncc(C)c(NCC2(O)CCCCC2)n1. The van der Waals surface area contributed by atoms with Gasteiger partial charge in [0, 0.05) is 24.8 Å². The summed E-state index contributed by atoms with van der Waals surface area (Å²) < 4.78 is 0. The van der Waals surface area contributed by atoms with Crippen molar-refractivity contribution in [1.29, 1.82) is 0 Å². The summed E-state index contributed by atoms with van der Waals surface area (Å²) >= 11 is 0. The number of nitrogens with one attached hydrogen (secondary N) is 2. The Labute approximate surface area is 114 Å². The number of nitrogens with zero attached hydrogens (tertiary/aromatic N) is 2. The Kier molecular flexibility index (Phi) is 4.58. The normalized spacial score (nSPS) is 18.1. The molecule has 0 aliphatic heterocycles. The lowest BCUT2D eigenvalue weighted by molar-refractivity contribution is 0.0166. The van der Waals surface area contributed by atoms with Gasteiger partial charge in [0.15, 0.2) is 0 Å². The van der Waals surface area contributed by atoms with Gasteiger partial charge < -0.3 is 15.7 Å². The molecule has 1 fully saturated rings. The molecule has 5 nitrogen and oxygen atoms in total. The summed E-state index contributed by atoms with van der Waals surface area (Å²) in [5, 5.41) is 16.9. The fourth-order valence-electron chi connectivity index (χ4n) is 2.50. The van der Waals surface area contributed by atoms with Crippen LogP contribution in [0.1, 0.15) is 44.6 Å². The van der Waals surface area contributed by atoms with Crippen LogP contribution >= 0.6 is 0 Å². The van der Waals surface area contributed by atoms with E-state index in [-0.39, 0.29) is 0 Å². The van der Waals surface area contributed by atoms with Crippen molar-refractivity contribution in [3.8, 4) is 0 Å². The largest absolute Gasteiger partial charge is 0.388 e. The van der Waals surface area contributed by atoms with Crippen molar-refractivity contribution in [2.45, 2.75) is 51.6 Å². The second-order valence-electron chi connectivity index (χ2n) is 5.39. The summed E-state index contributed by atoms with van der Waals surface area (Å²) in [6.45, 7) is 5.35. The van der Waals surface area contributed by atoms with Crippen molar-refractivity contribution in [2.75, 3.05) is 23.7 Å². The number of anilines is 2. The highest BCUT2D eigenvalue weighted by Gasteiger charge is 2.29. The van der Waals surface area contributed by atoms with Gasteiger partial charge in [-0.05, 0) is 26.7 Å². The molecule has 0 saturated heterocycles. The second kappa shape index (κ2) is 6.19. The number of hydrogen-bond acceptors (Lipinski definition) is 5. The maximum Gasteiger partial charge on any atom is 0.224 e. The van der Waals surface area contributed by atoms with Gasteiger partial charge in [-0.15, -0.1) is 0 Å². The maximum absolute atomic E-state index is 10.5. The van der Waals surface area contributed by atoms with E-state index >= 15 is 0 Å². The highest BCUT2D eigenvalue weighted by molar-refractivity contribution is 5.46. The zero-order chi connectivity index (χ0) is 13.7. The van der Waals surface area contributed by atoms with Crippen LogP contribution in [0.25, 0.3) is 0 Å². The van der Waals surface area contributed by atoms with Gasteiger partial charge in [-0.3, -0.25) is 0 Å². The van der Waals surface area contributed by atoms with Crippen molar-refractivity contribution in [3.63, 3.8) is 0 Å². The molecule has 0 spiro atoms. The van der Waals surface area contributed by atoms with Crippen LogP contribution in [0.15, 0.2) is 6.20 Å².